The summed E-state index contributed by atoms with van der Waals surface area (Å²) in [6.07, 6.45) is -13.9. The molecule has 0 radical (unpaired) electrons. The standard InChI is InChI=1S/C29H40O22/c1-12(10-44-13(2)22(33)34)46-21(32)11-45-19(30)8-29(43,28(42)51-18(7)27(41)49-15(4)24(37)38)9-20(31)47-16(5)25(39)50-17(6)26(40)48-14(3)23(35)36/h12-18,43H,8-11H2,1-7H3,(H,33,34)(H,35,36)(H,37,38). The predicted molar refractivity (Wildman–Crippen MR) is 157 cm³/mol. The van der Waals surface area contributed by atoms with E-state index in [-0.39, 0.29) is 6.61 Å². The van der Waals surface area contributed by atoms with Gasteiger partial charge in [0.2, 0.25) is 0 Å². The second-order valence-electron chi connectivity index (χ2n) is 10.8. The Kier molecular flexibility index (Phi) is 18.8. The fourth-order valence-corrected chi connectivity index (χ4v) is 3.08. The van der Waals surface area contributed by atoms with Crippen LogP contribution in [0, 0.1) is 0 Å². The molecule has 0 heterocycles. The lowest BCUT2D eigenvalue weighted by Crippen LogP contribution is -2.47. The number of rotatable bonds is 22. The molecule has 288 valence electrons. The summed E-state index contributed by atoms with van der Waals surface area (Å²) in [4.78, 5) is 119. The fourth-order valence-electron chi connectivity index (χ4n) is 3.08. The molecule has 8 atom stereocenters. The largest absolute Gasteiger partial charge is 0.479 e. The highest BCUT2D eigenvalue weighted by Gasteiger charge is 2.45. The Bertz CT molecular complexity index is 1320. The number of carbonyl (C=O) groups excluding carboxylic acids is 7. The second kappa shape index (κ2) is 21.0. The van der Waals surface area contributed by atoms with Crippen molar-refractivity contribution >= 4 is 59.7 Å². The molecule has 4 N–H and O–H groups in total. The molecule has 0 aromatic heterocycles. The van der Waals surface area contributed by atoms with Gasteiger partial charge in [-0.2, -0.15) is 0 Å². The molecule has 0 bridgehead atoms. The first kappa shape index (κ1) is 45.6. The number of aliphatic carboxylic acids is 3. The first-order valence-electron chi connectivity index (χ1n) is 14.8. The normalized spacial score (nSPS) is 16.1. The lowest BCUT2D eigenvalue weighted by Gasteiger charge is -2.26. The molecule has 0 aliphatic carbocycles. The Hall–Kier alpha value is -5.38. The predicted octanol–water partition coefficient (Wildman–Crippen LogP) is -1.71. The summed E-state index contributed by atoms with van der Waals surface area (Å²) in [6, 6.07) is 0. The Labute approximate surface area is 289 Å². The number of hydrogen-bond acceptors (Lipinski definition) is 19. The lowest BCUT2D eigenvalue weighted by atomic mass is 9.95. The van der Waals surface area contributed by atoms with E-state index in [0.29, 0.717) is 0 Å². The summed E-state index contributed by atoms with van der Waals surface area (Å²) in [5, 5.41) is 37.6. The molecular weight excluding hydrogens is 700 g/mol. The average Bonchev–Trinajstić information content (AvgIpc) is 3.01. The van der Waals surface area contributed by atoms with E-state index in [1.54, 1.807) is 0 Å². The number of carboxylic acids is 3. The van der Waals surface area contributed by atoms with Crippen LogP contribution >= 0.6 is 0 Å². The zero-order valence-electron chi connectivity index (χ0n) is 28.5. The van der Waals surface area contributed by atoms with Crippen LogP contribution in [0.5, 0.6) is 0 Å². The zero-order valence-corrected chi connectivity index (χ0v) is 28.5. The van der Waals surface area contributed by atoms with Crippen LogP contribution in [0.3, 0.4) is 0 Å². The van der Waals surface area contributed by atoms with Gasteiger partial charge in [-0.1, -0.05) is 0 Å². The van der Waals surface area contributed by atoms with Gasteiger partial charge in [0.05, 0.1) is 19.4 Å². The van der Waals surface area contributed by atoms with Gasteiger partial charge >= 0.3 is 59.7 Å². The number of hydrogen-bond donors (Lipinski definition) is 4. The van der Waals surface area contributed by atoms with Crippen LogP contribution < -0.4 is 0 Å². The number of carboxylic acid groups (broad SMARTS) is 3. The first-order valence-corrected chi connectivity index (χ1v) is 14.8. The van der Waals surface area contributed by atoms with Crippen molar-refractivity contribution in [1.29, 1.82) is 0 Å². The molecule has 0 aliphatic heterocycles. The summed E-state index contributed by atoms with van der Waals surface area (Å²) >= 11 is 0. The maximum Gasteiger partial charge on any atom is 0.347 e. The lowest BCUT2D eigenvalue weighted by molar-refractivity contribution is -0.191. The van der Waals surface area contributed by atoms with E-state index in [1.165, 1.54) is 13.8 Å². The van der Waals surface area contributed by atoms with E-state index < -0.39 is 127 Å². The number of esters is 7. The van der Waals surface area contributed by atoms with Gasteiger partial charge in [0, 0.05) is 0 Å². The van der Waals surface area contributed by atoms with Crippen molar-refractivity contribution < 1.29 is 106 Å². The Morgan fingerprint density at radius 2 is 0.882 bits per heavy atom. The molecule has 0 saturated carbocycles. The Balaban J connectivity index is 5.69. The van der Waals surface area contributed by atoms with Gasteiger partial charge in [-0.25, -0.2) is 38.4 Å². The van der Waals surface area contributed by atoms with E-state index in [0.717, 1.165) is 34.6 Å². The number of ether oxygens (including phenoxy) is 8. The van der Waals surface area contributed by atoms with E-state index >= 15 is 0 Å². The van der Waals surface area contributed by atoms with E-state index in [2.05, 4.69) is 14.2 Å². The molecule has 0 saturated heterocycles. The molecule has 51 heavy (non-hydrogen) atoms. The second-order valence-corrected chi connectivity index (χ2v) is 10.8. The number of carbonyl (C=O) groups is 10. The van der Waals surface area contributed by atoms with Crippen molar-refractivity contribution in [2.45, 2.75) is 110 Å². The molecule has 0 aromatic carbocycles. The minimum absolute atomic E-state index is 0.356. The third kappa shape index (κ3) is 17.2. The molecule has 0 aliphatic rings. The molecule has 22 nitrogen and oxygen atoms in total. The topological polar surface area (TPSA) is 325 Å². The highest BCUT2D eigenvalue weighted by atomic mass is 16.6. The summed E-state index contributed by atoms with van der Waals surface area (Å²) < 4.78 is 38.0. The maximum absolute atomic E-state index is 13.0. The Morgan fingerprint density at radius 3 is 1.33 bits per heavy atom. The Morgan fingerprint density at radius 1 is 0.490 bits per heavy atom. The summed E-state index contributed by atoms with van der Waals surface area (Å²) in [7, 11) is 0. The SMILES string of the molecule is CC(COC(C)C(=O)O)OC(=O)COC(=O)CC(O)(CC(=O)OC(C)C(=O)OC(C)C(=O)OC(C)C(=O)O)C(=O)OC(C)C(=O)OC(C)C(=O)O. The van der Waals surface area contributed by atoms with Crippen molar-refractivity contribution in [1.82, 2.24) is 0 Å². The maximum atomic E-state index is 13.0. The van der Waals surface area contributed by atoms with Crippen LogP contribution in [0.4, 0.5) is 0 Å². The molecule has 22 heteroatoms. The van der Waals surface area contributed by atoms with Gasteiger partial charge in [0.1, 0.15) is 6.10 Å². The van der Waals surface area contributed by atoms with Gasteiger partial charge in [-0.15, -0.1) is 0 Å². The van der Waals surface area contributed by atoms with Crippen LogP contribution in [0.25, 0.3) is 0 Å². The van der Waals surface area contributed by atoms with Crippen molar-refractivity contribution in [3.05, 3.63) is 0 Å². The van der Waals surface area contributed by atoms with Crippen LogP contribution in [0.15, 0.2) is 0 Å². The first-order chi connectivity index (χ1) is 23.4. The molecule has 0 aromatic rings. The van der Waals surface area contributed by atoms with Gasteiger partial charge in [0.15, 0.2) is 48.8 Å². The molecule has 0 amide bonds. The third-order valence-electron chi connectivity index (χ3n) is 6.03. The van der Waals surface area contributed by atoms with Gasteiger partial charge in [0.25, 0.3) is 0 Å². The van der Waals surface area contributed by atoms with Crippen LogP contribution in [0.1, 0.15) is 61.3 Å². The monoisotopic (exact) mass is 740 g/mol. The van der Waals surface area contributed by atoms with Crippen LogP contribution in [-0.4, -0.2) is 142 Å². The van der Waals surface area contributed by atoms with Crippen molar-refractivity contribution in [2.75, 3.05) is 13.2 Å². The zero-order chi connectivity index (χ0) is 39.8. The molecular formula is C29H40O22. The van der Waals surface area contributed by atoms with Gasteiger partial charge in [-0.3, -0.25) is 9.59 Å². The molecule has 0 spiro atoms. The smallest absolute Gasteiger partial charge is 0.347 e. The van der Waals surface area contributed by atoms with Crippen molar-refractivity contribution in [3.8, 4) is 0 Å². The van der Waals surface area contributed by atoms with Crippen molar-refractivity contribution in [2.24, 2.45) is 0 Å². The molecule has 0 fully saturated rings. The highest BCUT2D eigenvalue weighted by molar-refractivity contribution is 5.92. The minimum Gasteiger partial charge on any atom is -0.479 e. The summed E-state index contributed by atoms with van der Waals surface area (Å²) in [6.45, 7) is 5.91. The summed E-state index contributed by atoms with van der Waals surface area (Å²) in [5.41, 5.74) is -3.23. The number of aliphatic hydroxyl groups is 1. The van der Waals surface area contributed by atoms with Crippen molar-refractivity contribution in [3.63, 3.8) is 0 Å². The highest BCUT2D eigenvalue weighted by Crippen LogP contribution is 2.22. The van der Waals surface area contributed by atoms with E-state index in [1.807, 2.05) is 0 Å². The fraction of sp³-hybridized carbons (Fsp3) is 0.655. The quantitative estimate of drug-likeness (QED) is 0.0709. The molecule has 0 rings (SSSR count). The minimum atomic E-state index is -3.23. The summed E-state index contributed by atoms with van der Waals surface area (Å²) in [5.74, 6) is -14.5. The average molecular weight is 741 g/mol. The molecule has 8 unspecified atom stereocenters. The van der Waals surface area contributed by atoms with Crippen LogP contribution in [0.2, 0.25) is 0 Å². The van der Waals surface area contributed by atoms with Gasteiger partial charge in [-0.05, 0) is 48.5 Å². The van der Waals surface area contributed by atoms with Gasteiger partial charge < -0.3 is 58.3 Å². The van der Waals surface area contributed by atoms with E-state index in [9.17, 15) is 53.1 Å². The third-order valence-corrected chi connectivity index (χ3v) is 6.03. The van der Waals surface area contributed by atoms with Crippen LogP contribution in [-0.2, 0) is 85.8 Å². The van der Waals surface area contributed by atoms with E-state index in [4.69, 9.17) is 39.0 Å².